The van der Waals surface area contributed by atoms with E-state index in [4.69, 9.17) is 9.47 Å². The largest absolute Gasteiger partial charge is 0.443 e. The number of aryl methyl sites for hydroxylation is 3. The van der Waals surface area contributed by atoms with Gasteiger partial charge in [-0.25, -0.2) is 4.79 Å². The fraction of sp³-hybridized carbons (Fsp3) is 0.500. The van der Waals surface area contributed by atoms with E-state index < -0.39 is 0 Å². The first-order chi connectivity index (χ1) is 8.45. The van der Waals surface area contributed by atoms with Crippen LogP contribution in [0.25, 0.3) is 0 Å². The number of carbonyl (C=O) groups excluding carboxylic acids is 1. The Morgan fingerprint density at radius 1 is 1.22 bits per heavy atom. The van der Waals surface area contributed by atoms with Crippen molar-refractivity contribution >= 4 is 11.7 Å². The van der Waals surface area contributed by atoms with E-state index in [1.165, 1.54) is 23.8 Å². The van der Waals surface area contributed by atoms with Gasteiger partial charge in [0, 0.05) is 19.8 Å². The van der Waals surface area contributed by atoms with E-state index in [1.54, 1.807) is 0 Å². The van der Waals surface area contributed by atoms with Gasteiger partial charge in [0.25, 0.3) is 0 Å². The van der Waals surface area contributed by atoms with Crippen LogP contribution in [0.3, 0.4) is 0 Å². The Hall–Kier alpha value is -1.55. The summed E-state index contributed by atoms with van der Waals surface area (Å²) in [6, 6.07) is 4.24. The molecule has 0 spiro atoms. The van der Waals surface area contributed by atoms with Gasteiger partial charge in [0.1, 0.15) is 6.61 Å². The van der Waals surface area contributed by atoms with Crippen molar-refractivity contribution in [3.05, 3.63) is 28.8 Å². The van der Waals surface area contributed by atoms with Crippen LogP contribution in [0.4, 0.5) is 5.69 Å². The number of carbonyl (C=O) groups is 1. The minimum atomic E-state index is -0.355. The normalized spacial score (nSPS) is 10.3. The summed E-state index contributed by atoms with van der Waals surface area (Å²) in [5.74, 6) is -0.355. The monoisotopic (exact) mass is 251 g/mol. The van der Waals surface area contributed by atoms with E-state index in [0.717, 1.165) is 5.69 Å². The molecule has 0 fully saturated rings. The molecule has 100 valence electrons. The van der Waals surface area contributed by atoms with Gasteiger partial charge in [-0.15, -0.1) is 0 Å². The lowest BCUT2D eigenvalue weighted by molar-refractivity contribution is -0.147. The zero-order chi connectivity index (χ0) is 13.7. The highest BCUT2D eigenvalue weighted by molar-refractivity contribution is 5.71. The first kappa shape index (κ1) is 14.5. The lowest BCUT2D eigenvalue weighted by atomic mass is 10.0. The number of anilines is 1. The van der Waals surface area contributed by atoms with Gasteiger partial charge in [0.2, 0.25) is 0 Å². The number of benzene rings is 1. The van der Waals surface area contributed by atoms with E-state index in [9.17, 15) is 4.79 Å². The molecule has 4 heteroatoms. The third-order valence-corrected chi connectivity index (χ3v) is 2.70. The molecule has 0 heterocycles. The number of nitrogens with zero attached hydrogens (tertiary/aromatic N) is 1. The Kier molecular flexibility index (Phi) is 5.16. The Bertz CT molecular complexity index is 406. The number of hydrogen-bond acceptors (Lipinski definition) is 4. The molecule has 1 aromatic carbocycles. The molecule has 0 unspecified atom stereocenters. The van der Waals surface area contributed by atoms with Crippen LogP contribution in [0.15, 0.2) is 12.1 Å². The Morgan fingerprint density at radius 2 is 1.78 bits per heavy atom. The first-order valence-electron chi connectivity index (χ1n) is 5.89. The molecule has 0 aliphatic carbocycles. The average molecular weight is 251 g/mol. The van der Waals surface area contributed by atoms with Crippen LogP contribution in [0.5, 0.6) is 0 Å². The SMILES string of the molecule is COCC(=O)OCN(C)c1c(C)cc(C)cc1C. The van der Waals surface area contributed by atoms with Gasteiger partial charge < -0.3 is 14.4 Å². The Labute approximate surface area is 108 Å². The molecule has 18 heavy (non-hydrogen) atoms. The molecule has 0 atom stereocenters. The van der Waals surface area contributed by atoms with Gasteiger partial charge in [0.15, 0.2) is 6.73 Å². The Balaban J connectivity index is 2.73. The molecule has 4 nitrogen and oxygen atoms in total. The molecule has 0 amide bonds. The van der Waals surface area contributed by atoms with Gasteiger partial charge in [-0.3, -0.25) is 0 Å². The lowest BCUT2D eigenvalue weighted by Crippen LogP contribution is -2.26. The maximum Gasteiger partial charge on any atom is 0.333 e. The third kappa shape index (κ3) is 3.74. The molecule has 1 rings (SSSR count). The maximum atomic E-state index is 11.2. The first-order valence-corrected chi connectivity index (χ1v) is 5.89. The second-order valence-corrected chi connectivity index (χ2v) is 4.52. The summed E-state index contributed by atoms with van der Waals surface area (Å²) >= 11 is 0. The van der Waals surface area contributed by atoms with Crippen molar-refractivity contribution < 1.29 is 14.3 Å². The molecule has 0 N–H and O–H groups in total. The van der Waals surface area contributed by atoms with Crippen LogP contribution < -0.4 is 4.90 Å². The van der Waals surface area contributed by atoms with Crippen LogP contribution in [0, 0.1) is 20.8 Å². The number of methoxy groups -OCH3 is 1. The van der Waals surface area contributed by atoms with Gasteiger partial charge in [0.05, 0.1) is 0 Å². The van der Waals surface area contributed by atoms with Gasteiger partial charge in [-0.2, -0.15) is 0 Å². The number of ether oxygens (including phenoxy) is 2. The van der Waals surface area contributed by atoms with Crippen molar-refractivity contribution in [2.75, 3.05) is 32.4 Å². The second kappa shape index (κ2) is 6.40. The maximum absolute atomic E-state index is 11.2. The number of rotatable bonds is 5. The highest BCUT2D eigenvalue weighted by Gasteiger charge is 2.10. The van der Waals surface area contributed by atoms with Gasteiger partial charge in [-0.05, 0) is 31.9 Å². The highest BCUT2D eigenvalue weighted by Crippen LogP contribution is 2.25. The molecule has 0 saturated heterocycles. The predicted octanol–water partition coefficient (Wildman–Crippen LogP) is 2.20. The van der Waals surface area contributed by atoms with Crippen LogP contribution in [-0.2, 0) is 14.3 Å². The van der Waals surface area contributed by atoms with Crippen LogP contribution in [-0.4, -0.2) is 33.5 Å². The van der Waals surface area contributed by atoms with E-state index in [1.807, 2.05) is 11.9 Å². The molecule has 0 radical (unpaired) electrons. The minimum Gasteiger partial charge on any atom is -0.443 e. The van der Waals surface area contributed by atoms with Crippen LogP contribution in [0.2, 0.25) is 0 Å². The quantitative estimate of drug-likeness (QED) is 0.594. The van der Waals surface area contributed by atoms with Crippen LogP contribution in [0.1, 0.15) is 16.7 Å². The van der Waals surface area contributed by atoms with Crippen molar-refractivity contribution in [1.29, 1.82) is 0 Å². The van der Waals surface area contributed by atoms with Crippen LogP contribution >= 0.6 is 0 Å². The van der Waals surface area contributed by atoms with Crippen molar-refractivity contribution in [1.82, 2.24) is 0 Å². The number of hydrogen-bond donors (Lipinski definition) is 0. The second-order valence-electron chi connectivity index (χ2n) is 4.52. The van der Waals surface area contributed by atoms with E-state index in [2.05, 4.69) is 32.9 Å². The summed E-state index contributed by atoms with van der Waals surface area (Å²) in [7, 11) is 3.38. The third-order valence-electron chi connectivity index (χ3n) is 2.70. The summed E-state index contributed by atoms with van der Waals surface area (Å²) in [4.78, 5) is 13.2. The van der Waals surface area contributed by atoms with Gasteiger partial charge >= 0.3 is 5.97 Å². The summed E-state index contributed by atoms with van der Waals surface area (Å²) in [5.41, 5.74) is 4.69. The molecular formula is C14H21NO3. The van der Waals surface area contributed by atoms with Crippen molar-refractivity contribution in [2.24, 2.45) is 0 Å². The molecule has 1 aromatic rings. The summed E-state index contributed by atoms with van der Waals surface area (Å²) in [5, 5.41) is 0. The average Bonchev–Trinajstić information content (AvgIpc) is 2.25. The minimum absolute atomic E-state index is 0.0142. The zero-order valence-electron chi connectivity index (χ0n) is 11.7. The van der Waals surface area contributed by atoms with Crippen molar-refractivity contribution in [3.63, 3.8) is 0 Å². The highest BCUT2D eigenvalue weighted by atomic mass is 16.6. The zero-order valence-corrected chi connectivity index (χ0v) is 11.7. The lowest BCUT2D eigenvalue weighted by Gasteiger charge is -2.23. The standard InChI is InChI=1S/C14H21NO3/c1-10-6-11(2)14(12(3)7-10)15(4)9-18-13(16)8-17-5/h6-7H,8-9H2,1-5H3. The van der Waals surface area contributed by atoms with Gasteiger partial charge in [-0.1, -0.05) is 17.7 Å². The molecule has 0 aliphatic heterocycles. The molecule has 0 aromatic heterocycles. The topological polar surface area (TPSA) is 38.8 Å². The van der Waals surface area contributed by atoms with Crippen molar-refractivity contribution in [2.45, 2.75) is 20.8 Å². The summed E-state index contributed by atoms with van der Waals surface area (Å²) in [6.07, 6.45) is 0. The van der Waals surface area contributed by atoms with Crippen molar-refractivity contribution in [3.8, 4) is 0 Å². The summed E-state index contributed by atoms with van der Waals surface area (Å²) < 4.78 is 9.81. The summed E-state index contributed by atoms with van der Waals surface area (Å²) in [6.45, 7) is 6.40. The fourth-order valence-electron chi connectivity index (χ4n) is 2.17. The predicted molar refractivity (Wildman–Crippen MR) is 71.9 cm³/mol. The smallest absolute Gasteiger partial charge is 0.333 e. The van der Waals surface area contributed by atoms with E-state index >= 15 is 0 Å². The van der Waals surface area contributed by atoms with E-state index in [-0.39, 0.29) is 19.3 Å². The molecular weight excluding hydrogens is 230 g/mol. The molecule has 0 saturated carbocycles. The molecule has 0 bridgehead atoms. The molecule has 0 aliphatic rings. The fourth-order valence-corrected chi connectivity index (χ4v) is 2.17. The Morgan fingerprint density at radius 3 is 2.28 bits per heavy atom. The number of esters is 1. The van der Waals surface area contributed by atoms with E-state index in [0.29, 0.717) is 0 Å².